The van der Waals surface area contributed by atoms with Crippen LogP contribution in [0.3, 0.4) is 0 Å². The standard InChI is InChI=1S/C17H22N4OS/c1-2-20-7-9-21(10-8-20)16(22)11-15-12-23-17(19-15)13-3-5-14(18)6-4-13/h3-6,12H,2,7-11,18H2,1H3. The van der Waals surface area contributed by atoms with Crippen LogP contribution in [0, 0.1) is 0 Å². The third-order valence-corrected chi connectivity index (χ3v) is 5.15. The van der Waals surface area contributed by atoms with Crippen molar-refractivity contribution in [3.63, 3.8) is 0 Å². The number of hydrogen-bond donors (Lipinski definition) is 1. The minimum absolute atomic E-state index is 0.176. The lowest BCUT2D eigenvalue weighted by molar-refractivity contribution is -0.132. The number of rotatable bonds is 4. The molecule has 0 radical (unpaired) electrons. The number of nitrogen functional groups attached to an aromatic ring is 1. The number of likely N-dealkylation sites (N-methyl/N-ethyl adjacent to an activating group) is 1. The van der Waals surface area contributed by atoms with Gasteiger partial charge < -0.3 is 15.5 Å². The molecule has 0 unspecified atom stereocenters. The van der Waals surface area contributed by atoms with Crippen molar-refractivity contribution >= 4 is 22.9 Å². The first-order chi connectivity index (χ1) is 11.2. The second-order valence-electron chi connectivity index (χ2n) is 5.76. The fourth-order valence-corrected chi connectivity index (χ4v) is 3.55. The van der Waals surface area contributed by atoms with E-state index in [2.05, 4.69) is 16.8 Å². The molecule has 122 valence electrons. The minimum atomic E-state index is 0.176. The van der Waals surface area contributed by atoms with Crippen LogP contribution >= 0.6 is 11.3 Å². The molecule has 0 atom stereocenters. The van der Waals surface area contributed by atoms with Gasteiger partial charge in [0.25, 0.3) is 0 Å². The molecule has 1 aliphatic rings. The van der Waals surface area contributed by atoms with E-state index in [0.717, 1.165) is 54.7 Å². The highest BCUT2D eigenvalue weighted by atomic mass is 32.1. The van der Waals surface area contributed by atoms with Gasteiger partial charge in [-0.3, -0.25) is 4.79 Å². The second-order valence-corrected chi connectivity index (χ2v) is 6.62. The van der Waals surface area contributed by atoms with Gasteiger partial charge in [0.05, 0.1) is 12.1 Å². The average Bonchev–Trinajstić information content (AvgIpc) is 3.04. The van der Waals surface area contributed by atoms with Gasteiger partial charge in [0.15, 0.2) is 0 Å². The van der Waals surface area contributed by atoms with E-state index < -0.39 is 0 Å². The largest absolute Gasteiger partial charge is 0.399 e. The van der Waals surface area contributed by atoms with Crippen molar-refractivity contribution in [2.45, 2.75) is 13.3 Å². The van der Waals surface area contributed by atoms with Crippen molar-refractivity contribution in [2.75, 3.05) is 38.5 Å². The lowest BCUT2D eigenvalue weighted by Gasteiger charge is -2.34. The molecule has 2 aromatic rings. The number of thiazole rings is 1. The molecule has 23 heavy (non-hydrogen) atoms. The first-order valence-corrected chi connectivity index (χ1v) is 8.84. The number of aromatic nitrogens is 1. The Labute approximate surface area is 140 Å². The van der Waals surface area contributed by atoms with E-state index in [0.29, 0.717) is 6.42 Å². The van der Waals surface area contributed by atoms with E-state index >= 15 is 0 Å². The number of hydrogen-bond acceptors (Lipinski definition) is 5. The molecule has 2 N–H and O–H groups in total. The molecule has 1 amide bonds. The number of piperazine rings is 1. The van der Waals surface area contributed by atoms with Crippen LogP contribution in [0.5, 0.6) is 0 Å². The smallest absolute Gasteiger partial charge is 0.228 e. The van der Waals surface area contributed by atoms with Crippen LogP contribution in [0.2, 0.25) is 0 Å². The Kier molecular flexibility index (Phi) is 4.93. The first kappa shape index (κ1) is 16.0. The van der Waals surface area contributed by atoms with E-state index in [1.807, 2.05) is 34.5 Å². The van der Waals surface area contributed by atoms with Crippen LogP contribution in [-0.2, 0) is 11.2 Å². The molecule has 2 heterocycles. The zero-order chi connectivity index (χ0) is 16.2. The van der Waals surface area contributed by atoms with Gasteiger partial charge in [-0.25, -0.2) is 4.98 Å². The Hall–Kier alpha value is -1.92. The molecule has 0 aliphatic carbocycles. The monoisotopic (exact) mass is 330 g/mol. The van der Waals surface area contributed by atoms with E-state index in [1.54, 1.807) is 11.3 Å². The summed E-state index contributed by atoms with van der Waals surface area (Å²) in [6.45, 7) is 6.79. The maximum absolute atomic E-state index is 12.4. The Morgan fingerprint density at radius 1 is 1.22 bits per heavy atom. The molecule has 0 spiro atoms. The quantitative estimate of drug-likeness (QED) is 0.872. The predicted octanol–water partition coefficient (Wildman–Crippen LogP) is 2.10. The van der Waals surface area contributed by atoms with Crippen molar-refractivity contribution in [3.8, 4) is 10.6 Å². The van der Waals surface area contributed by atoms with Crippen molar-refractivity contribution in [3.05, 3.63) is 35.3 Å². The predicted molar refractivity (Wildman–Crippen MR) is 94.4 cm³/mol. The number of nitrogens with two attached hydrogens (primary N) is 1. The third kappa shape index (κ3) is 3.89. The highest BCUT2D eigenvalue weighted by molar-refractivity contribution is 7.13. The van der Waals surface area contributed by atoms with Crippen molar-refractivity contribution in [1.29, 1.82) is 0 Å². The number of carbonyl (C=O) groups is 1. The zero-order valence-electron chi connectivity index (χ0n) is 13.4. The second kappa shape index (κ2) is 7.10. The van der Waals surface area contributed by atoms with Crippen LogP contribution in [-0.4, -0.2) is 53.4 Å². The molecule has 5 nitrogen and oxygen atoms in total. The SMILES string of the molecule is CCN1CCN(C(=O)Cc2csc(-c3ccc(N)cc3)n2)CC1. The number of amides is 1. The summed E-state index contributed by atoms with van der Waals surface area (Å²) in [4.78, 5) is 21.3. The highest BCUT2D eigenvalue weighted by Gasteiger charge is 2.21. The average molecular weight is 330 g/mol. The molecular weight excluding hydrogens is 308 g/mol. The van der Waals surface area contributed by atoms with Crippen LogP contribution in [0.25, 0.3) is 10.6 Å². The summed E-state index contributed by atoms with van der Waals surface area (Å²) < 4.78 is 0. The Morgan fingerprint density at radius 3 is 2.57 bits per heavy atom. The van der Waals surface area contributed by atoms with Gasteiger partial charge in [0.2, 0.25) is 5.91 Å². The van der Waals surface area contributed by atoms with Crippen LogP contribution < -0.4 is 5.73 Å². The Morgan fingerprint density at radius 2 is 1.91 bits per heavy atom. The Balaban J connectivity index is 1.60. The molecule has 0 bridgehead atoms. The fourth-order valence-electron chi connectivity index (χ4n) is 2.73. The first-order valence-electron chi connectivity index (χ1n) is 7.96. The van der Waals surface area contributed by atoms with Crippen molar-refractivity contribution in [2.24, 2.45) is 0 Å². The van der Waals surface area contributed by atoms with E-state index in [9.17, 15) is 4.79 Å². The summed E-state index contributed by atoms with van der Waals surface area (Å²) in [6, 6.07) is 7.66. The van der Waals surface area contributed by atoms with Gasteiger partial charge >= 0.3 is 0 Å². The highest BCUT2D eigenvalue weighted by Crippen LogP contribution is 2.24. The summed E-state index contributed by atoms with van der Waals surface area (Å²) in [5.41, 5.74) is 8.34. The van der Waals surface area contributed by atoms with Crippen LogP contribution in [0.15, 0.2) is 29.6 Å². The van der Waals surface area contributed by atoms with E-state index in [-0.39, 0.29) is 5.91 Å². The maximum atomic E-state index is 12.4. The molecule has 0 saturated carbocycles. The minimum Gasteiger partial charge on any atom is -0.399 e. The number of carbonyl (C=O) groups excluding carboxylic acids is 1. The maximum Gasteiger partial charge on any atom is 0.228 e. The summed E-state index contributed by atoms with van der Waals surface area (Å²) in [7, 11) is 0. The number of anilines is 1. The van der Waals surface area contributed by atoms with E-state index in [4.69, 9.17) is 5.73 Å². The lowest BCUT2D eigenvalue weighted by Crippen LogP contribution is -2.48. The summed E-state index contributed by atoms with van der Waals surface area (Å²) >= 11 is 1.57. The number of nitrogens with zero attached hydrogens (tertiary/aromatic N) is 3. The summed E-state index contributed by atoms with van der Waals surface area (Å²) in [6.07, 6.45) is 0.387. The lowest BCUT2D eigenvalue weighted by atomic mass is 10.2. The van der Waals surface area contributed by atoms with Gasteiger partial charge in [-0.15, -0.1) is 11.3 Å². The third-order valence-electron chi connectivity index (χ3n) is 4.21. The van der Waals surface area contributed by atoms with Gasteiger partial charge in [-0.1, -0.05) is 6.92 Å². The Bertz CT molecular complexity index is 659. The molecule has 1 saturated heterocycles. The zero-order valence-corrected chi connectivity index (χ0v) is 14.2. The molecule has 3 rings (SSSR count). The molecular formula is C17H22N4OS. The summed E-state index contributed by atoms with van der Waals surface area (Å²) in [5.74, 6) is 0.176. The fraction of sp³-hybridized carbons (Fsp3) is 0.412. The molecule has 1 aromatic heterocycles. The topological polar surface area (TPSA) is 62.5 Å². The normalized spacial score (nSPS) is 15.8. The summed E-state index contributed by atoms with van der Waals surface area (Å²) in [5, 5.41) is 2.91. The van der Waals surface area contributed by atoms with Crippen LogP contribution in [0.1, 0.15) is 12.6 Å². The van der Waals surface area contributed by atoms with Gasteiger partial charge in [0.1, 0.15) is 5.01 Å². The van der Waals surface area contributed by atoms with Gasteiger partial charge in [-0.05, 0) is 30.8 Å². The van der Waals surface area contributed by atoms with Crippen molar-refractivity contribution in [1.82, 2.24) is 14.8 Å². The van der Waals surface area contributed by atoms with E-state index in [1.165, 1.54) is 0 Å². The van der Waals surface area contributed by atoms with Gasteiger partial charge in [0, 0.05) is 42.8 Å². The molecule has 1 aromatic carbocycles. The van der Waals surface area contributed by atoms with Crippen molar-refractivity contribution < 1.29 is 4.79 Å². The van der Waals surface area contributed by atoms with Gasteiger partial charge in [-0.2, -0.15) is 0 Å². The number of benzene rings is 1. The molecule has 1 fully saturated rings. The molecule has 6 heteroatoms. The molecule has 1 aliphatic heterocycles. The van der Waals surface area contributed by atoms with Crippen LogP contribution in [0.4, 0.5) is 5.69 Å².